The molecule has 7 nitrogen and oxygen atoms in total. The Kier molecular flexibility index (Phi) is 6.70. The van der Waals surface area contributed by atoms with Crippen molar-refractivity contribution in [1.82, 2.24) is 5.32 Å². The Balaban J connectivity index is 1.52. The molecule has 1 amide bonds. The quantitative estimate of drug-likeness (QED) is 0.509. The summed E-state index contributed by atoms with van der Waals surface area (Å²) in [5.41, 5.74) is 3.25. The van der Waals surface area contributed by atoms with E-state index in [9.17, 15) is 19.5 Å². The first-order valence-electron chi connectivity index (χ1n) is 10.8. The molecule has 2 N–H and O–H groups in total. The number of aryl methyl sites for hydroxylation is 2. The largest absolute Gasteiger partial charge is 0.483 e. The molecular formula is C25H24ClNO6. The third-order valence-corrected chi connectivity index (χ3v) is 6.03. The third kappa shape index (κ3) is 5.20. The maximum atomic E-state index is 12.5. The zero-order valence-electron chi connectivity index (χ0n) is 18.2. The van der Waals surface area contributed by atoms with Crippen LogP contribution in [0.2, 0.25) is 5.02 Å². The lowest BCUT2D eigenvalue weighted by atomic mass is 9.90. The number of carbonyl (C=O) groups excluding carboxylic acids is 1. The molecule has 0 saturated carbocycles. The van der Waals surface area contributed by atoms with Crippen LogP contribution in [-0.2, 0) is 28.9 Å². The second-order valence-electron chi connectivity index (χ2n) is 8.27. The summed E-state index contributed by atoms with van der Waals surface area (Å²) in [4.78, 5) is 36.6. The van der Waals surface area contributed by atoms with Gasteiger partial charge < -0.3 is 19.6 Å². The van der Waals surface area contributed by atoms with Gasteiger partial charge in [0, 0.05) is 17.0 Å². The molecule has 0 fully saturated rings. The van der Waals surface area contributed by atoms with Crippen molar-refractivity contribution in [2.75, 3.05) is 6.61 Å². The van der Waals surface area contributed by atoms with Crippen LogP contribution in [0.4, 0.5) is 0 Å². The molecule has 8 heteroatoms. The number of fused-ring (bicyclic) bond motifs is 3. The van der Waals surface area contributed by atoms with Gasteiger partial charge in [-0.2, -0.15) is 0 Å². The molecule has 0 spiro atoms. The van der Waals surface area contributed by atoms with Gasteiger partial charge in [0.2, 0.25) is 0 Å². The van der Waals surface area contributed by atoms with Crippen molar-refractivity contribution in [2.24, 2.45) is 0 Å². The fourth-order valence-electron chi connectivity index (χ4n) is 4.22. The zero-order chi connectivity index (χ0) is 23.5. The summed E-state index contributed by atoms with van der Waals surface area (Å²) in [5, 5.41) is 13.3. The predicted molar refractivity (Wildman–Crippen MR) is 124 cm³/mol. The lowest BCUT2D eigenvalue weighted by molar-refractivity contribution is -0.142. The summed E-state index contributed by atoms with van der Waals surface area (Å²) < 4.78 is 11.4. The number of rotatable bonds is 7. The number of aliphatic carboxylic acids is 1. The van der Waals surface area contributed by atoms with Crippen LogP contribution in [0, 0.1) is 6.92 Å². The molecule has 1 heterocycles. The first-order chi connectivity index (χ1) is 15.8. The van der Waals surface area contributed by atoms with E-state index in [4.69, 9.17) is 20.8 Å². The SMILES string of the molecule is Cc1cc(OCC(=O)N[C@H](Cc2ccc(Cl)cc2)C(=O)O)c2c3c(c(=O)oc2c1)CCCC3. The van der Waals surface area contributed by atoms with E-state index in [-0.39, 0.29) is 18.7 Å². The van der Waals surface area contributed by atoms with Gasteiger partial charge >= 0.3 is 11.6 Å². The smallest absolute Gasteiger partial charge is 0.339 e. The van der Waals surface area contributed by atoms with Crippen molar-refractivity contribution in [1.29, 1.82) is 0 Å². The molecule has 0 bridgehead atoms. The number of carbonyl (C=O) groups is 2. The van der Waals surface area contributed by atoms with E-state index in [2.05, 4.69) is 5.32 Å². The van der Waals surface area contributed by atoms with Gasteiger partial charge in [-0.25, -0.2) is 9.59 Å². The minimum Gasteiger partial charge on any atom is -0.483 e. The predicted octanol–water partition coefficient (Wildman–Crippen LogP) is 3.82. The first-order valence-corrected chi connectivity index (χ1v) is 11.2. The molecule has 0 aliphatic heterocycles. The van der Waals surface area contributed by atoms with Crippen LogP contribution in [0.25, 0.3) is 11.0 Å². The summed E-state index contributed by atoms with van der Waals surface area (Å²) >= 11 is 5.87. The molecule has 2 aromatic carbocycles. The molecule has 0 unspecified atom stereocenters. The average molecular weight is 470 g/mol. The molecule has 3 aromatic rings. The van der Waals surface area contributed by atoms with Crippen LogP contribution in [0.5, 0.6) is 5.75 Å². The van der Waals surface area contributed by atoms with Gasteiger partial charge in [0.15, 0.2) is 6.61 Å². The molecule has 1 aliphatic carbocycles. The highest BCUT2D eigenvalue weighted by atomic mass is 35.5. The van der Waals surface area contributed by atoms with Crippen molar-refractivity contribution in [3.8, 4) is 5.75 Å². The standard InChI is InChI=1S/C25H24ClNO6/c1-14-10-20(23-17-4-2-3-5-18(17)25(31)33-21(23)11-14)32-13-22(28)27-19(24(29)30)12-15-6-8-16(26)9-7-15/h6-11,19H,2-5,12-13H2,1H3,(H,27,28)(H,29,30)/t19-/m1/s1. The molecule has 0 saturated heterocycles. The second-order valence-corrected chi connectivity index (χ2v) is 8.70. The molecule has 172 valence electrons. The van der Waals surface area contributed by atoms with E-state index < -0.39 is 17.9 Å². The van der Waals surface area contributed by atoms with Crippen LogP contribution in [0.15, 0.2) is 45.6 Å². The number of ether oxygens (including phenoxy) is 1. The number of amides is 1. The molecule has 33 heavy (non-hydrogen) atoms. The maximum absolute atomic E-state index is 12.5. The fraction of sp³-hybridized carbons (Fsp3) is 0.320. The second kappa shape index (κ2) is 9.67. The van der Waals surface area contributed by atoms with Gasteiger partial charge in [-0.1, -0.05) is 23.7 Å². The fourth-order valence-corrected chi connectivity index (χ4v) is 4.34. The topological polar surface area (TPSA) is 106 Å². The zero-order valence-corrected chi connectivity index (χ0v) is 18.9. The van der Waals surface area contributed by atoms with Gasteiger partial charge in [0.1, 0.15) is 17.4 Å². The first kappa shape index (κ1) is 22.9. The minimum absolute atomic E-state index is 0.115. The Morgan fingerprint density at radius 1 is 1.15 bits per heavy atom. The van der Waals surface area contributed by atoms with E-state index in [0.29, 0.717) is 33.7 Å². The molecule has 4 rings (SSSR count). The lowest BCUT2D eigenvalue weighted by Gasteiger charge is -2.19. The maximum Gasteiger partial charge on any atom is 0.339 e. The number of benzene rings is 2. The van der Waals surface area contributed by atoms with Gasteiger partial charge in [0.25, 0.3) is 5.91 Å². The van der Waals surface area contributed by atoms with Gasteiger partial charge in [0.05, 0.1) is 5.39 Å². The highest BCUT2D eigenvalue weighted by Crippen LogP contribution is 2.34. The van der Waals surface area contributed by atoms with Crippen LogP contribution in [-0.4, -0.2) is 29.6 Å². The van der Waals surface area contributed by atoms with Crippen molar-refractivity contribution in [3.63, 3.8) is 0 Å². The number of hydrogen-bond acceptors (Lipinski definition) is 5. The number of halogens is 1. The molecular weight excluding hydrogens is 446 g/mol. The van der Waals surface area contributed by atoms with Gasteiger partial charge in [-0.05, 0) is 73.6 Å². The molecule has 0 radical (unpaired) electrons. The highest BCUT2D eigenvalue weighted by molar-refractivity contribution is 6.30. The average Bonchev–Trinajstić information content (AvgIpc) is 2.78. The van der Waals surface area contributed by atoms with Crippen molar-refractivity contribution in [3.05, 3.63) is 74.1 Å². The van der Waals surface area contributed by atoms with Crippen LogP contribution in [0.3, 0.4) is 0 Å². The van der Waals surface area contributed by atoms with E-state index in [0.717, 1.165) is 36.0 Å². The number of nitrogens with one attached hydrogen (secondary N) is 1. The van der Waals surface area contributed by atoms with Crippen molar-refractivity contribution < 1.29 is 23.8 Å². The minimum atomic E-state index is -1.14. The number of carboxylic acids is 1. The van der Waals surface area contributed by atoms with Crippen LogP contribution in [0.1, 0.15) is 35.1 Å². The van der Waals surface area contributed by atoms with Gasteiger partial charge in [-0.15, -0.1) is 0 Å². The summed E-state index contributed by atoms with van der Waals surface area (Å²) in [6.45, 7) is 1.48. The molecule has 1 atom stereocenters. The molecule has 1 aromatic heterocycles. The van der Waals surface area contributed by atoms with Gasteiger partial charge in [-0.3, -0.25) is 4.79 Å². The molecule has 1 aliphatic rings. The summed E-state index contributed by atoms with van der Waals surface area (Å²) in [5.74, 6) is -1.25. The summed E-state index contributed by atoms with van der Waals surface area (Å²) in [6, 6.07) is 9.25. The highest BCUT2D eigenvalue weighted by Gasteiger charge is 2.23. The van der Waals surface area contributed by atoms with E-state index in [1.54, 1.807) is 36.4 Å². The Labute approximate surface area is 195 Å². The van der Waals surface area contributed by atoms with Crippen molar-refractivity contribution in [2.45, 2.75) is 45.1 Å². The Morgan fingerprint density at radius 3 is 2.55 bits per heavy atom. The number of hydrogen-bond donors (Lipinski definition) is 2. The monoisotopic (exact) mass is 469 g/mol. The summed E-state index contributed by atoms with van der Waals surface area (Å²) in [6.07, 6.45) is 3.41. The van der Waals surface area contributed by atoms with E-state index >= 15 is 0 Å². The normalized spacial score (nSPS) is 13.9. The van der Waals surface area contributed by atoms with E-state index in [1.807, 2.05) is 6.92 Å². The Hall–Kier alpha value is -3.32. The Morgan fingerprint density at radius 2 is 1.85 bits per heavy atom. The Bertz CT molecular complexity index is 1260. The number of carboxylic acid groups (broad SMARTS) is 1. The third-order valence-electron chi connectivity index (χ3n) is 5.77. The van der Waals surface area contributed by atoms with Crippen LogP contribution < -0.4 is 15.7 Å². The van der Waals surface area contributed by atoms with Crippen LogP contribution >= 0.6 is 11.6 Å². The van der Waals surface area contributed by atoms with E-state index in [1.165, 1.54) is 0 Å². The summed E-state index contributed by atoms with van der Waals surface area (Å²) in [7, 11) is 0. The van der Waals surface area contributed by atoms with Crippen molar-refractivity contribution >= 4 is 34.4 Å². The lowest BCUT2D eigenvalue weighted by Crippen LogP contribution is -2.44.